The molecule has 0 spiro atoms. The Labute approximate surface area is 117 Å². The number of terminal acetylenes is 1. The molecule has 2 nitrogen and oxygen atoms in total. The lowest BCUT2D eigenvalue weighted by molar-refractivity contribution is -0.130. The Bertz CT molecular complexity index is 428. The summed E-state index contributed by atoms with van der Waals surface area (Å²) in [5.41, 5.74) is 0. The van der Waals surface area contributed by atoms with Crippen LogP contribution >= 0.6 is 15.9 Å². The quantitative estimate of drug-likeness (QED) is 0.585. The lowest BCUT2D eigenvalue weighted by Crippen LogP contribution is -2.43. The molecular weight excluding hydrogens is 292 g/mol. The second kappa shape index (κ2) is 6.26. The van der Waals surface area contributed by atoms with Gasteiger partial charge in [0, 0.05) is 10.9 Å². The van der Waals surface area contributed by atoms with E-state index in [4.69, 9.17) is 15.9 Å². The maximum Gasteiger partial charge on any atom is 0.139 e. The number of halogens is 1. The fourth-order valence-corrected chi connectivity index (χ4v) is 2.50. The molecule has 0 aliphatic carbocycles. The first-order chi connectivity index (χ1) is 8.76. The van der Waals surface area contributed by atoms with Crippen LogP contribution in [0.2, 0.25) is 0 Å². The summed E-state index contributed by atoms with van der Waals surface area (Å²) in [6.07, 6.45) is 15.9. The zero-order valence-corrected chi connectivity index (χ0v) is 12.0. The predicted molar refractivity (Wildman–Crippen MR) is 76.1 cm³/mol. The number of ether oxygens (including phenoxy) is 2. The Morgan fingerprint density at radius 3 is 3.22 bits per heavy atom. The molecule has 0 radical (unpaired) electrons. The first-order valence-electron chi connectivity index (χ1n) is 6.24. The highest BCUT2D eigenvalue weighted by Gasteiger charge is 2.36. The van der Waals surface area contributed by atoms with Gasteiger partial charge in [-0.3, -0.25) is 0 Å². The third-order valence-corrected chi connectivity index (χ3v) is 4.06. The fraction of sp³-hybridized carbons (Fsp3) is 0.467. The molecule has 1 fully saturated rings. The second-order valence-corrected chi connectivity index (χ2v) is 5.30. The fourth-order valence-electron chi connectivity index (χ4n) is 2.18. The van der Waals surface area contributed by atoms with Gasteiger partial charge in [0.05, 0.1) is 6.10 Å². The van der Waals surface area contributed by atoms with E-state index in [9.17, 15) is 0 Å². The van der Waals surface area contributed by atoms with Crippen molar-refractivity contribution in [3.05, 3.63) is 34.5 Å². The summed E-state index contributed by atoms with van der Waals surface area (Å²) in [6, 6.07) is 0. The van der Waals surface area contributed by atoms with Crippen molar-refractivity contribution >= 4 is 15.9 Å². The van der Waals surface area contributed by atoms with Gasteiger partial charge in [-0.05, 0) is 18.9 Å². The van der Waals surface area contributed by atoms with Crippen LogP contribution in [0.15, 0.2) is 34.5 Å². The Morgan fingerprint density at radius 2 is 2.50 bits per heavy atom. The van der Waals surface area contributed by atoms with Gasteiger partial charge in [0.25, 0.3) is 0 Å². The minimum absolute atomic E-state index is 0.0362. The van der Waals surface area contributed by atoms with Crippen LogP contribution in [0, 0.1) is 12.3 Å². The maximum atomic E-state index is 6.09. The van der Waals surface area contributed by atoms with Gasteiger partial charge in [0.15, 0.2) is 0 Å². The van der Waals surface area contributed by atoms with E-state index in [1.807, 2.05) is 6.08 Å². The van der Waals surface area contributed by atoms with Crippen molar-refractivity contribution in [2.24, 2.45) is 0 Å². The van der Waals surface area contributed by atoms with Crippen LogP contribution in [0.3, 0.4) is 0 Å². The van der Waals surface area contributed by atoms with Crippen LogP contribution in [0.25, 0.3) is 0 Å². The molecule has 3 heteroatoms. The summed E-state index contributed by atoms with van der Waals surface area (Å²) >= 11 is 3.56. The number of hydrogen-bond acceptors (Lipinski definition) is 2. The van der Waals surface area contributed by atoms with Crippen LogP contribution in [-0.4, -0.2) is 18.3 Å². The summed E-state index contributed by atoms with van der Waals surface area (Å²) in [4.78, 5) is 0. The Hall–Kier alpha value is -0.980. The van der Waals surface area contributed by atoms with E-state index in [0.29, 0.717) is 0 Å². The zero-order valence-electron chi connectivity index (χ0n) is 10.4. The monoisotopic (exact) mass is 308 g/mol. The van der Waals surface area contributed by atoms with E-state index in [0.717, 1.165) is 29.5 Å². The van der Waals surface area contributed by atoms with Crippen molar-refractivity contribution < 1.29 is 9.47 Å². The molecule has 2 rings (SSSR count). The molecule has 18 heavy (non-hydrogen) atoms. The zero-order chi connectivity index (χ0) is 13.0. The van der Waals surface area contributed by atoms with Crippen LogP contribution in [-0.2, 0) is 9.47 Å². The molecular formula is C15H17BrO2. The highest BCUT2D eigenvalue weighted by Crippen LogP contribution is 2.35. The van der Waals surface area contributed by atoms with Gasteiger partial charge in [0.2, 0.25) is 0 Å². The lowest BCUT2D eigenvalue weighted by atomic mass is 9.99. The summed E-state index contributed by atoms with van der Waals surface area (Å²) in [5.74, 6) is 3.40. The van der Waals surface area contributed by atoms with Crippen molar-refractivity contribution in [1.29, 1.82) is 0 Å². The van der Waals surface area contributed by atoms with Crippen molar-refractivity contribution in [1.82, 2.24) is 0 Å². The van der Waals surface area contributed by atoms with Crippen molar-refractivity contribution in [3.8, 4) is 12.3 Å². The highest BCUT2D eigenvalue weighted by atomic mass is 79.9. The molecule has 2 aliphatic heterocycles. The molecule has 2 aliphatic rings. The molecule has 0 amide bonds. The minimum Gasteiger partial charge on any atom is -0.488 e. The van der Waals surface area contributed by atoms with Crippen molar-refractivity contribution in [2.75, 3.05) is 0 Å². The molecule has 0 aromatic rings. The molecule has 1 saturated heterocycles. The van der Waals surface area contributed by atoms with Gasteiger partial charge in [0.1, 0.15) is 18.0 Å². The van der Waals surface area contributed by atoms with Gasteiger partial charge in [-0.1, -0.05) is 47.0 Å². The average molecular weight is 309 g/mol. The third-order valence-electron chi connectivity index (χ3n) is 3.11. The maximum absolute atomic E-state index is 6.09. The van der Waals surface area contributed by atoms with Gasteiger partial charge in [-0.15, -0.1) is 6.42 Å². The molecule has 3 atom stereocenters. The molecule has 0 aromatic heterocycles. The number of rotatable bonds is 3. The number of fused-ring (bicyclic) bond motifs is 2. The Balaban J connectivity index is 2.16. The molecule has 2 bridgehead atoms. The molecule has 0 unspecified atom stereocenters. The minimum atomic E-state index is -0.0362. The van der Waals surface area contributed by atoms with E-state index >= 15 is 0 Å². The molecule has 0 aromatic carbocycles. The SMILES string of the molecule is C#C/C=C\C[C@H]1O/C(=C(/Br)CC)[C@H]2C=CC[C@@H]1O2. The van der Waals surface area contributed by atoms with Crippen molar-refractivity contribution in [2.45, 2.75) is 44.5 Å². The van der Waals surface area contributed by atoms with Gasteiger partial charge < -0.3 is 9.47 Å². The van der Waals surface area contributed by atoms with Gasteiger partial charge in [-0.2, -0.15) is 0 Å². The van der Waals surface area contributed by atoms with Gasteiger partial charge in [-0.25, -0.2) is 0 Å². The largest absolute Gasteiger partial charge is 0.488 e. The molecule has 2 heterocycles. The van der Waals surface area contributed by atoms with E-state index in [1.54, 1.807) is 6.08 Å². The van der Waals surface area contributed by atoms with Crippen LogP contribution in [0.5, 0.6) is 0 Å². The summed E-state index contributed by atoms with van der Waals surface area (Å²) in [7, 11) is 0. The Kier molecular flexibility index (Phi) is 4.68. The van der Waals surface area contributed by atoms with Crippen molar-refractivity contribution in [3.63, 3.8) is 0 Å². The summed E-state index contributed by atoms with van der Waals surface area (Å²) < 4.78 is 13.2. The average Bonchev–Trinajstić information content (AvgIpc) is 2.41. The van der Waals surface area contributed by atoms with Crippen LogP contribution in [0.1, 0.15) is 26.2 Å². The smallest absolute Gasteiger partial charge is 0.139 e. The van der Waals surface area contributed by atoms with E-state index in [1.165, 1.54) is 0 Å². The second-order valence-electron chi connectivity index (χ2n) is 4.34. The summed E-state index contributed by atoms with van der Waals surface area (Å²) in [6.45, 7) is 2.09. The van der Waals surface area contributed by atoms with Crippen LogP contribution < -0.4 is 0 Å². The predicted octanol–water partition coefficient (Wildman–Crippen LogP) is 3.69. The molecule has 0 saturated carbocycles. The van der Waals surface area contributed by atoms with E-state index in [-0.39, 0.29) is 18.3 Å². The van der Waals surface area contributed by atoms with Gasteiger partial charge >= 0.3 is 0 Å². The molecule has 96 valence electrons. The topological polar surface area (TPSA) is 18.5 Å². The highest BCUT2D eigenvalue weighted by molar-refractivity contribution is 9.11. The third kappa shape index (κ3) is 2.88. The number of allylic oxidation sites excluding steroid dienone is 2. The van der Waals surface area contributed by atoms with Crippen LogP contribution in [0.4, 0.5) is 0 Å². The molecule has 0 N–H and O–H groups in total. The normalized spacial score (nSPS) is 33.1. The Morgan fingerprint density at radius 1 is 1.67 bits per heavy atom. The number of hydrogen-bond donors (Lipinski definition) is 0. The standard InChI is InChI=1S/C15H17BrO2/c1-3-5-6-8-13-12-9-7-10-14(17-12)15(18-13)11(16)4-2/h1,5-7,10,12-14H,4,8-9H2,2H3/b6-5-,15-11+/t12-,13+,14+/m0/s1. The van der Waals surface area contributed by atoms with E-state index < -0.39 is 0 Å². The first kappa shape index (κ1) is 13.5. The lowest BCUT2D eigenvalue weighted by Gasteiger charge is -2.40. The summed E-state index contributed by atoms with van der Waals surface area (Å²) in [5, 5.41) is 0. The first-order valence-corrected chi connectivity index (χ1v) is 7.04. The van der Waals surface area contributed by atoms with E-state index in [2.05, 4.69) is 40.9 Å².